The van der Waals surface area contributed by atoms with Crippen molar-refractivity contribution in [1.82, 2.24) is 5.32 Å². The van der Waals surface area contributed by atoms with Gasteiger partial charge >= 0.3 is 233 Å². The number of amides is 1. The number of fused-ring (bicyclic) bond motifs is 3. The standard InChI is InChI=1S/C27H25I3N3O/c31-26(33-24-3-1-2-12-28-24)18-8-6-17(7-9-18)25-29-21-11-10-20(15-22(21)30-25)27(34)32-23-14-16-4-5-19(23)13-16/h1-3,6-12,15-16,19,23H,4-5,13-14H2,(H2,31,33)(H,32,34)/q-1. The zero-order valence-electron chi connectivity index (χ0n) is 18.5. The number of nitrogens with one attached hydrogen (secondary N) is 1. The zero-order valence-corrected chi connectivity index (χ0v) is 25.0. The number of amidine groups is 1. The molecular formula is C27H25I3N3O-. The van der Waals surface area contributed by atoms with Crippen LogP contribution in [0.4, 0.5) is 0 Å². The first-order valence-corrected chi connectivity index (χ1v) is 18.2. The molecule has 2 saturated carbocycles. The minimum atomic E-state index is -0.219. The summed E-state index contributed by atoms with van der Waals surface area (Å²) in [4.78, 5) is 17.6. The summed E-state index contributed by atoms with van der Waals surface area (Å²) in [5, 5.41) is 3.35. The summed E-state index contributed by atoms with van der Waals surface area (Å²) in [6, 6.07) is 15.5. The molecule has 0 aromatic heterocycles. The Bertz CT molecular complexity index is 1310. The van der Waals surface area contributed by atoms with Crippen LogP contribution in [0.15, 0.2) is 69.4 Å². The number of carbonyl (C=O) groups is 1. The number of nitrogens with two attached hydrogens (primary N) is 1. The fourth-order valence-electron chi connectivity index (χ4n) is 5.09. The van der Waals surface area contributed by atoms with Gasteiger partial charge in [0.2, 0.25) is 0 Å². The van der Waals surface area contributed by atoms with E-state index in [0.29, 0.717) is 17.8 Å². The van der Waals surface area contributed by atoms with Gasteiger partial charge in [-0.25, -0.2) is 0 Å². The van der Waals surface area contributed by atoms with Gasteiger partial charge in [0.1, 0.15) is 0 Å². The Morgan fingerprint density at radius 3 is 2.65 bits per heavy atom. The third-order valence-corrected chi connectivity index (χ3v) is 17.8. The third kappa shape index (κ3) is 4.88. The topological polar surface area (TPSA) is 67.5 Å². The van der Waals surface area contributed by atoms with Crippen LogP contribution in [-0.4, -0.2) is 23.3 Å². The molecule has 34 heavy (non-hydrogen) atoms. The molecule has 3 N–H and O–H groups in total. The van der Waals surface area contributed by atoms with Gasteiger partial charge in [0, 0.05) is 0 Å². The number of nitrogens with zero attached hydrogens (tertiary/aromatic N) is 1. The van der Waals surface area contributed by atoms with Crippen LogP contribution in [0.3, 0.4) is 0 Å². The van der Waals surface area contributed by atoms with Crippen LogP contribution in [-0.2, 0) is 0 Å². The number of hydrogen-bond donors (Lipinski definition) is 2. The second-order valence-corrected chi connectivity index (χ2v) is 19.1. The van der Waals surface area contributed by atoms with Crippen LogP contribution in [0.1, 0.15) is 47.2 Å². The van der Waals surface area contributed by atoms with E-state index in [1.807, 2.05) is 12.1 Å². The summed E-state index contributed by atoms with van der Waals surface area (Å²) in [7, 11) is 0. The number of allylic oxidation sites excluding steroid dienone is 3. The first kappa shape index (κ1) is 23.2. The molecule has 3 atom stereocenters. The maximum absolute atomic E-state index is 12.9. The van der Waals surface area contributed by atoms with Crippen molar-refractivity contribution in [3.63, 3.8) is 0 Å². The van der Waals surface area contributed by atoms with E-state index in [9.17, 15) is 4.79 Å². The van der Waals surface area contributed by atoms with Gasteiger partial charge in [0.15, 0.2) is 0 Å². The van der Waals surface area contributed by atoms with Crippen molar-refractivity contribution in [3.05, 3.63) is 88.2 Å². The van der Waals surface area contributed by atoms with Crippen LogP contribution < -0.4 is 32.3 Å². The monoisotopic (exact) mass is 788 g/mol. The average molecular weight is 788 g/mol. The Balaban J connectivity index is 1.16. The molecule has 2 heterocycles. The quantitative estimate of drug-likeness (QED) is 0.211. The van der Waals surface area contributed by atoms with E-state index in [2.05, 4.69) is 62.9 Å². The van der Waals surface area contributed by atoms with E-state index in [1.165, 1.54) is 38.4 Å². The summed E-state index contributed by atoms with van der Waals surface area (Å²) < 4.78 is 7.83. The van der Waals surface area contributed by atoms with Crippen molar-refractivity contribution in [3.8, 4) is 0 Å². The minimum absolute atomic E-state index is 0.124. The fraction of sp³-hybridized carbons (Fsp3) is 0.259. The van der Waals surface area contributed by atoms with Crippen LogP contribution in [0.5, 0.6) is 0 Å². The van der Waals surface area contributed by atoms with Crippen LogP contribution in [0.2, 0.25) is 0 Å². The van der Waals surface area contributed by atoms with Crippen molar-refractivity contribution < 1.29 is 26.0 Å². The molecule has 0 spiro atoms. The summed E-state index contributed by atoms with van der Waals surface area (Å²) in [5.41, 5.74) is 9.44. The summed E-state index contributed by atoms with van der Waals surface area (Å²) in [6.07, 6.45) is 11.3. The SMILES string of the molecule is NC(=NC1=CC=CC=I1)c1ccc(C2=Ic3cc(C(=O)NC4CC5CCC4C5)ccc3[I-]2)cc1. The Morgan fingerprint density at radius 1 is 1.06 bits per heavy atom. The fourth-order valence-corrected chi connectivity index (χ4v) is 15.9. The molecule has 0 radical (unpaired) electrons. The number of carbonyl (C=O) groups excluding carboxylic acids is 1. The Hall–Kier alpha value is -1.21. The van der Waals surface area contributed by atoms with E-state index in [1.54, 1.807) is 1.52 Å². The Kier molecular flexibility index (Phi) is 6.85. The molecule has 2 fully saturated rings. The van der Waals surface area contributed by atoms with Gasteiger partial charge < -0.3 is 0 Å². The van der Waals surface area contributed by atoms with Gasteiger partial charge in [0.05, 0.1) is 0 Å². The first-order valence-electron chi connectivity index (χ1n) is 11.5. The maximum atomic E-state index is 12.9. The summed E-state index contributed by atoms with van der Waals surface area (Å²) >= 11 is -0.549. The molecule has 176 valence electrons. The molecule has 6 rings (SSSR count). The molecular weight excluding hydrogens is 763 g/mol. The predicted octanol–water partition coefficient (Wildman–Crippen LogP) is 2.09. The molecule has 2 aliphatic carbocycles. The molecule has 4 nitrogen and oxygen atoms in total. The second-order valence-electron chi connectivity index (χ2n) is 9.02. The predicted molar refractivity (Wildman–Crippen MR) is 153 cm³/mol. The molecule has 0 saturated heterocycles. The Morgan fingerprint density at radius 2 is 1.91 bits per heavy atom. The number of benzene rings is 2. The molecule has 1 amide bonds. The molecule has 2 aromatic rings. The second kappa shape index (κ2) is 10.0. The molecule has 2 aromatic carbocycles. The summed E-state index contributed by atoms with van der Waals surface area (Å²) in [6.45, 7) is 0. The normalized spacial score (nSPS) is 25.4. The van der Waals surface area contributed by atoms with Gasteiger partial charge in [-0.1, -0.05) is 0 Å². The third-order valence-electron chi connectivity index (χ3n) is 6.82. The van der Waals surface area contributed by atoms with Crippen molar-refractivity contribution in [1.29, 1.82) is 0 Å². The zero-order chi connectivity index (χ0) is 23.1. The van der Waals surface area contributed by atoms with Crippen molar-refractivity contribution in [2.24, 2.45) is 22.6 Å². The van der Waals surface area contributed by atoms with Crippen LogP contribution in [0.25, 0.3) is 0 Å². The summed E-state index contributed by atoms with van der Waals surface area (Å²) in [5.74, 6) is 2.27. The molecule has 7 heteroatoms. The van der Waals surface area contributed by atoms with Crippen LogP contribution >= 0.6 is 41.5 Å². The molecule has 4 aliphatic rings. The van der Waals surface area contributed by atoms with E-state index < -0.39 is 0 Å². The Labute approximate surface area is 230 Å². The van der Waals surface area contributed by atoms with Crippen molar-refractivity contribution in [2.75, 3.05) is 0 Å². The molecule has 2 aliphatic heterocycles. The van der Waals surface area contributed by atoms with Gasteiger partial charge in [-0.2, -0.15) is 0 Å². The van der Waals surface area contributed by atoms with E-state index in [4.69, 9.17) is 5.73 Å². The molecule has 2 bridgehead atoms. The number of aliphatic imine (C=N–C) groups is 1. The number of halogens is 3. The first-order chi connectivity index (χ1) is 16.6. The van der Waals surface area contributed by atoms with Gasteiger partial charge in [-0.15, -0.1) is 0 Å². The van der Waals surface area contributed by atoms with Crippen molar-refractivity contribution in [2.45, 2.75) is 31.7 Å². The number of hydrogen-bond acceptors (Lipinski definition) is 2. The van der Waals surface area contributed by atoms with E-state index in [0.717, 1.165) is 20.7 Å². The van der Waals surface area contributed by atoms with Crippen LogP contribution in [0, 0.1) is 19.0 Å². The van der Waals surface area contributed by atoms with Crippen molar-refractivity contribution >= 4 is 58.7 Å². The average Bonchev–Trinajstić information content (AvgIpc) is 3.60. The number of rotatable bonds is 5. The van der Waals surface area contributed by atoms with E-state index in [-0.39, 0.29) is 68.6 Å². The van der Waals surface area contributed by atoms with Gasteiger partial charge in [-0.05, 0) is 0 Å². The van der Waals surface area contributed by atoms with E-state index >= 15 is 0 Å². The molecule has 3 unspecified atom stereocenters. The van der Waals surface area contributed by atoms with Gasteiger partial charge in [0.25, 0.3) is 0 Å². The van der Waals surface area contributed by atoms with Gasteiger partial charge in [-0.3, -0.25) is 0 Å².